The number of rotatable bonds is 8. The molecule has 35 heavy (non-hydrogen) atoms. The van der Waals surface area contributed by atoms with Gasteiger partial charge in [-0.1, -0.05) is 0 Å². The van der Waals surface area contributed by atoms with Crippen molar-refractivity contribution in [3.05, 3.63) is 72.3 Å². The molecule has 0 unspecified atom stereocenters. The van der Waals surface area contributed by atoms with Gasteiger partial charge in [-0.2, -0.15) is 0 Å². The van der Waals surface area contributed by atoms with Crippen LogP contribution in [0, 0.1) is 0 Å². The van der Waals surface area contributed by atoms with Crippen LogP contribution in [-0.4, -0.2) is 59.9 Å². The number of methoxy groups -OCH3 is 2. The van der Waals surface area contributed by atoms with E-state index >= 15 is 0 Å². The predicted octanol–water partition coefficient (Wildman–Crippen LogP) is 3.53. The summed E-state index contributed by atoms with van der Waals surface area (Å²) in [5, 5.41) is 9.46. The first-order valence-electron chi connectivity index (χ1n) is 11.0. The minimum absolute atomic E-state index is 0.00181. The lowest BCUT2D eigenvalue weighted by molar-refractivity contribution is 0.0697. The van der Waals surface area contributed by atoms with Crippen LogP contribution in [0.5, 0.6) is 11.5 Å². The fourth-order valence-electron chi connectivity index (χ4n) is 3.98. The first-order valence-corrected chi connectivity index (χ1v) is 12.5. The first kappa shape index (κ1) is 24.2. The maximum Gasteiger partial charge on any atom is 0.335 e. The fourth-order valence-corrected chi connectivity index (χ4v) is 5.05. The van der Waals surface area contributed by atoms with Crippen molar-refractivity contribution in [2.75, 3.05) is 54.9 Å². The van der Waals surface area contributed by atoms with E-state index in [1.165, 1.54) is 31.4 Å². The van der Waals surface area contributed by atoms with Crippen molar-refractivity contribution in [1.82, 2.24) is 0 Å². The highest BCUT2D eigenvalue weighted by molar-refractivity contribution is 7.92. The smallest absolute Gasteiger partial charge is 0.335 e. The van der Waals surface area contributed by atoms with Crippen LogP contribution < -0.4 is 24.0 Å². The van der Waals surface area contributed by atoms with Crippen LogP contribution in [0.25, 0.3) is 0 Å². The second-order valence-electron chi connectivity index (χ2n) is 7.99. The van der Waals surface area contributed by atoms with E-state index in [-0.39, 0.29) is 16.1 Å². The van der Waals surface area contributed by atoms with Crippen molar-refractivity contribution < 1.29 is 27.8 Å². The minimum atomic E-state index is -3.95. The van der Waals surface area contributed by atoms with Gasteiger partial charge in [0.25, 0.3) is 10.0 Å². The molecule has 3 aromatic carbocycles. The quantitative estimate of drug-likeness (QED) is 0.487. The second kappa shape index (κ2) is 10.1. The second-order valence-corrected chi connectivity index (χ2v) is 9.67. The van der Waals surface area contributed by atoms with Gasteiger partial charge in [0.1, 0.15) is 11.5 Å². The molecule has 3 aromatic rings. The van der Waals surface area contributed by atoms with Crippen LogP contribution in [0.4, 0.5) is 17.1 Å². The van der Waals surface area contributed by atoms with E-state index in [2.05, 4.69) is 14.5 Å². The molecule has 0 spiro atoms. The molecule has 1 aliphatic rings. The number of hydrogen-bond donors (Lipinski definition) is 2. The van der Waals surface area contributed by atoms with Gasteiger partial charge in [0.2, 0.25) is 0 Å². The van der Waals surface area contributed by atoms with Gasteiger partial charge in [-0.25, -0.2) is 13.2 Å². The van der Waals surface area contributed by atoms with Gasteiger partial charge < -0.3 is 24.4 Å². The Morgan fingerprint density at radius 2 is 1.37 bits per heavy atom. The topological polar surface area (TPSA) is 108 Å². The highest BCUT2D eigenvalue weighted by Gasteiger charge is 2.23. The molecular formula is C25H27N3O6S. The number of carboxylic acids is 1. The van der Waals surface area contributed by atoms with Crippen LogP contribution in [0.3, 0.4) is 0 Å². The van der Waals surface area contributed by atoms with Gasteiger partial charge >= 0.3 is 5.97 Å². The zero-order valence-electron chi connectivity index (χ0n) is 19.5. The Balaban J connectivity index is 1.56. The lowest BCUT2D eigenvalue weighted by atomic mass is 10.1. The number of aromatic carboxylic acids is 1. The molecule has 1 heterocycles. The van der Waals surface area contributed by atoms with Crippen molar-refractivity contribution in [2.24, 2.45) is 0 Å². The van der Waals surface area contributed by atoms with Gasteiger partial charge in [-0.3, -0.25) is 4.72 Å². The molecule has 0 atom stereocenters. The SMILES string of the molecule is COc1ccc(N2CCN(c3ccc(C(=O)O)cc3NS(=O)(=O)c3ccc(OC)cc3)CC2)cc1. The monoisotopic (exact) mass is 497 g/mol. The maximum atomic E-state index is 13.1. The zero-order valence-corrected chi connectivity index (χ0v) is 20.3. The molecule has 1 saturated heterocycles. The summed E-state index contributed by atoms with van der Waals surface area (Å²) in [5.41, 5.74) is 1.92. The van der Waals surface area contributed by atoms with Gasteiger partial charge in [-0.05, 0) is 66.7 Å². The van der Waals surface area contributed by atoms with Gasteiger partial charge in [-0.15, -0.1) is 0 Å². The average Bonchev–Trinajstić information content (AvgIpc) is 2.88. The lowest BCUT2D eigenvalue weighted by Crippen LogP contribution is -2.46. The van der Waals surface area contributed by atoms with E-state index in [1.807, 2.05) is 24.3 Å². The number of sulfonamides is 1. The molecule has 0 bridgehead atoms. The van der Waals surface area contributed by atoms with E-state index in [4.69, 9.17) is 9.47 Å². The van der Waals surface area contributed by atoms with E-state index in [1.54, 1.807) is 25.3 Å². The summed E-state index contributed by atoms with van der Waals surface area (Å²) >= 11 is 0. The summed E-state index contributed by atoms with van der Waals surface area (Å²) in [7, 11) is -0.821. The Morgan fingerprint density at radius 1 is 0.829 bits per heavy atom. The normalized spacial score (nSPS) is 13.9. The summed E-state index contributed by atoms with van der Waals surface area (Å²) in [6.45, 7) is 2.71. The van der Waals surface area contributed by atoms with E-state index in [9.17, 15) is 18.3 Å². The number of benzene rings is 3. The van der Waals surface area contributed by atoms with Crippen molar-refractivity contribution in [3.63, 3.8) is 0 Å². The molecule has 0 aliphatic carbocycles. The van der Waals surface area contributed by atoms with Crippen LogP contribution in [0.15, 0.2) is 71.6 Å². The number of anilines is 3. The van der Waals surface area contributed by atoms with Crippen molar-refractivity contribution in [2.45, 2.75) is 4.90 Å². The third kappa shape index (κ3) is 5.43. The third-order valence-electron chi connectivity index (χ3n) is 5.92. The number of ether oxygens (including phenoxy) is 2. The Bertz CT molecular complexity index is 1290. The third-order valence-corrected chi connectivity index (χ3v) is 7.30. The largest absolute Gasteiger partial charge is 0.497 e. The van der Waals surface area contributed by atoms with E-state index in [0.717, 1.165) is 24.5 Å². The predicted molar refractivity (Wildman–Crippen MR) is 135 cm³/mol. The van der Waals surface area contributed by atoms with Gasteiger partial charge in [0, 0.05) is 31.9 Å². The number of carboxylic acid groups (broad SMARTS) is 1. The van der Waals surface area contributed by atoms with Crippen LogP contribution in [0.2, 0.25) is 0 Å². The molecule has 2 N–H and O–H groups in total. The molecule has 1 fully saturated rings. The fraction of sp³-hybridized carbons (Fsp3) is 0.240. The molecule has 0 aromatic heterocycles. The molecular weight excluding hydrogens is 470 g/mol. The molecule has 184 valence electrons. The Labute approximate surface area is 204 Å². The van der Waals surface area contributed by atoms with E-state index in [0.29, 0.717) is 24.5 Å². The zero-order chi connectivity index (χ0) is 25.0. The molecule has 0 amide bonds. The molecule has 1 aliphatic heterocycles. The van der Waals surface area contributed by atoms with Gasteiger partial charge in [0.05, 0.1) is 36.1 Å². The van der Waals surface area contributed by atoms with Gasteiger partial charge in [0.15, 0.2) is 0 Å². The Kier molecular flexibility index (Phi) is 7.02. The highest BCUT2D eigenvalue weighted by Crippen LogP contribution is 2.31. The number of nitrogens with one attached hydrogen (secondary N) is 1. The summed E-state index contributed by atoms with van der Waals surface area (Å²) < 4.78 is 39.0. The number of carbonyl (C=O) groups is 1. The molecule has 10 heteroatoms. The van der Waals surface area contributed by atoms with E-state index < -0.39 is 16.0 Å². The van der Waals surface area contributed by atoms with Crippen molar-refractivity contribution in [3.8, 4) is 11.5 Å². The van der Waals surface area contributed by atoms with Crippen molar-refractivity contribution in [1.29, 1.82) is 0 Å². The minimum Gasteiger partial charge on any atom is -0.497 e. The Morgan fingerprint density at radius 3 is 1.91 bits per heavy atom. The van der Waals surface area contributed by atoms with Crippen molar-refractivity contribution >= 4 is 33.1 Å². The molecule has 4 rings (SSSR count). The highest BCUT2D eigenvalue weighted by atomic mass is 32.2. The molecule has 9 nitrogen and oxygen atoms in total. The molecule has 0 radical (unpaired) electrons. The van der Waals surface area contributed by atoms with Crippen LogP contribution in [-0.2, 0) is 10.0 Å². The first-order chi connectivity index (χ1) is 16.8. The number of hydrogen-bond acceptors (Lipinski definition) is 7. The lowest BCUT2D eigenvalue weighted by Gasteiger charge is -2.38. The van der Waals surface area contributed by atoms with Crippen LogP contribution in [0.1, 0.15) is 10.4 Å². The summed E-state index contributed by atoms with van der Waals surface area (Å²) in [5.74, 6) is 0.192. The standard InChI is InChI=1S/C25H27N3O6S/c1-33-20-6-4-19(5-7-20)27-13-15-28(16-14-27)24-12-3-18(25(29)30)17-23(24)26-35(31,32)22-10-8-21(34-2)9-11-22/h3-12,17,26H,13-16H2,1-2H3,(H,29,30). The number of piperazine rings is 1. The number of nitrogens with zero attached hydrogens (tertiary/aromatic N) is 2. The Hall–Kier alpha value is -3.92. The summed E-state index contributed by atoms with van der Waals surface area (Å²) in [4.78, 5) is 15.9. The average molecular weight is 498 g/mol. The molecule has 0 saturated carbocycles. The van der Waals surface area contributed by atoms with Crippen LogP contribution >= 0.6 is 0 Å². The summed E-state index contributed by atoms with van der Waals surface area (Å²) in [6, 6.07) is 18.3. The summed E-state index contributed by atoms with van der Waals surface area (Å²) in [6.07, 6.45) is 0. The maximum absolute atomic E-state index is 13.1.